The maximum atomic E-state index is 5.78. The van der Waals surface area contributed by atoms with E-state index >= 15 is 0 Å². The first-order valence-electron chi connectivity index (χ1n) is 5.50. The molecule has 0 unspecified atom stereocenters. The number of anilines is 1. The van der Waals surface area contributed by atoms with Crippen molar-refractivity contribution in [3.63, 3.8) is 0 Å². The molecular weight excluding hydrogens is 222 g/mol. The Kier molecular flexibility index (Phi) is 3.73. The summed E-state index contributed by atoms with van der Waals surface area (Å²) in [6.07, 6.45) is 1.03. The van der Waals surface area contributed by atoms with Gasteiger partial charge in [-0.2, -0.15) is 0 Å². The summed E-state index contributed by atoms with van der Waals surface area (Å²) in [5.74, 6) is 1.47. The molecule has 2 rings (SSSR count). The Balaban J connectivity index is 2.22. The Morgan fingerprint density at radius 2 is 2.25 bits per heavy atom. The van der Waals surface area contributed by atoms with Crippen molar-refractivity contribution in [1.82, 2.24) is 0 Å². The van der Waals surface area contributed by atoms with Crippen molar-refractivity contribution in [1.29, 1.82) is 0 Å². The molecule has 0 spiro atoms. The maximum absolute atomic E-state index is 5.78. The van der Waals surface area contributed by atoms with Crippen LogP contribution in [-0.2, 0) is 0 Å². The van der Waals surface area contributed by atoms with E-state index in [2.05, 4.69) is 17.5 Å². The Morgan fingerprint density at radius 3 is 3.06 bits per heavy atom. The van der Waals surface area contributed by atoms with Gasteiger partial charge >= 0.3 is 0 Å². The fraction of sp³-hybridized carbons (Fsp3) is 0.385. The van der Waals surface area contributed by atoms with E-state index in [1.807, 2.05) is 18.2 Å². The van der Waals surface area contributed by atoms with Crippen LogP contribution in [0.4, 0.5) is 5.69 Å². The fourth-order valence-corrected chi connectivity index (χ4v) is 1.96. The van der Waals surface area contributed by atoms with Gasteiger partial charge in [-0.25, -0.2) is 0 Å². The van der Waals surface area contributed by atoms with Gasteiger partial charge in [-0.3, -0.25) is 0 Å². The molecule has 0 radical (unpaired) electrons. The zero-order valence-corrected chi connectivity index (χ0v) is 10.0. The normalized spacial score (nSPS) is 14.9. The summed E-state index contributed by atoms with van der Waals surface area (Å²) in [6.45, 7) is 6.54. The molecule has 86 valence electrons. The van der Waals surface area contributed by atoms with Gasteiger partial charge in [-0.1, -0.05) is 18.7 Å². The SMILES string of the molecule is C=C(CCl)CN1CCCOc2ccccc21. The second-order valence-electron chi connectivity index (χ2n) is 3.97. The highest BCUT2D eigenvalue weighted by molar-refractivity contribution is 6.19. The summed E-state index contributed by atoms with van der Waals surface area (Å²) in [6, 6.07) is 8.13. The van der Waals surface area contributed by atoms with Crippen LogP contribution >= 0.6 is 11.6 Å². The van der Waals surface area contributed by atoms with Gasteiger partial charge in [0.25, 0.3) is 0 Å². The Morgan fingerprint density at radius 1 is 1.44 bits per heavy atom. The highest BCUT2D eigenvalue weighted by Gasteiger charge is 2.15. The topological polar surface area (TPSA) is 12.5 Å². The highest BCUT2D eigenvalue weighted by atomic mass is 35.5. The third kappa shape index (κ3) is 2.50. The second kappa shape index (κ2) is 5.26. The van der Waals surface area contributed by atoms with E-state index in [0.717, 1.165) is 43.1 Å². The molecule has 1 aliphatic heterocycles. The van der Waals surface area contributed by atoms with E-state index in [-0.39, 0.29) is 0 Å². The molecular formula is C13H16ClNO. The molecule has 0 bridgehead atoms. The third-order valence-electron chi connectivity index (χ3n) is 2.64. The molecule has 0 saturated heterocycles. The number of halogens is 1. The van der Waals surface area contributed by atoms with Crippen LogP contribution in [0.1, 0.15) is 6.42 Å². The van der Waals surface area contributed by atoms with Crippen molar-refractivity contribution in [3.8, 4) is 5.75 Å². The molecule has 16 heavy (non-hydrogen) atoms. The zero-order chi connectivity index (χ0) is 11.4. The van der Waals surface area contributed by atoms with E-state index in [4.69, 9.17) is 16.3 Å². The molecule has 1 aromatic carbocycles. The van der Waals surface area contributed by atoms with E-state index in [9.17, 15) is 0 Å². The first kappa shape index (κ1) is 11.3. The van der Waals surface area contributed by atoms with E-state index in [0.29, 0.717) is 5.88 Å². The van der Waals surface area contributed by atoms with Gasteiger partial charge < -0.3 is 9.64 Å². The number of fused-ring (bicyclic) bond motifs is 1. The van der Waals surface area contributed by atoms with Crippen molar-refractivity contribution >= 4 is 17.3 Å². The number of hydrogen-bond donors (Lipinski definition) is 0. The summed E-state index contributed by atoms with van der Waals surface area (Å²) in [4.78, 5) is 2.28. The lowest BCUT2D eigenvalue weighted by atomic mass is 10.2. The molecule has 1 aromatic rings. The van der Waals surface area contributed by atoms with E-state index < -0.39 is 0 Å². The fourth-order valence-electron chi connectivity index (χ4n) is 1.87. The standard InChI is InChI=1S/C13H16ClNO/c1-11(9-14)10-15-7-4-8-16-13-6-3-2-5-12(13)15/h2-3,5-6H,1,4,7-10H2. The minimum atomic E-state index is 0.513. The molecule has 0 aromatic heterocycles. The molecule has 0 fully saturated rings. The second-order valence-corrected chi connectivity index (χ2v) is 4.24. The highest BCUT2D eigenvalue weighted by Crippen LogP contribution is 2.30. The molecule has 2 nitrogen and oxygen atoms in total. The first-order chi connectivity index (χ1) is 7.81. The van der Waals surface area contributed by atoms with Crippen LogP contribution in [0.5, 0.6) is 5.75 Å². The third-order valence-corrected chi connectivity index (χ3v) is 3.02. The maximum Gasteiger partial charge on any atom is 0.142 e. The van der Waals surface area contributed by atoms with Crippen LogP contribution < -0.4 is 9.64 Å². The van der Waals surface area contributed by atoms with Crippen molar-refractivity contribution in [2.24, 2.45) is 0 Å². The molecule has 1 aliphatic rings. The van der Waals surface area contributed by atoms with Gasteiger partial charge in [0.2, 0.25) is 0 Å². The van der Waals surface area contributed by atoms with Gasteiger partial charge in [0, 0.05) is 19.0 Å². The molecule has 0 saturated carbocycles. The summed E-state index contributed by atoms with van der Waals surface area (Å²) in [5, 5.41) is 0. The Hall–Kier alpha value is -1.15. The summed E-state index contributed by atoms with van der Waals surface area (Å²) >= 11 is 5.78. The molecule has 0 amide bonds. The summed E-state index contributed by atoms with van der Waals surface area (Å²) in [5.41, 5.74) is 2.18. The van der Waals surface area contributed by atoms with Gasteiger partial charge in [-0.15, -0.1) is 11.6 Å². The van der Waals surface area contributed by atoms with Crippen molar-refractivity contribution < 1.29 is 4.74 Å². The van der Waals surface area contributed by atoms with E-state index in [1.54, 1.807) is 0 Å². The van der Waals surface area contributed by atoms with Crippen LogP contribution in [0.2, 0.25) is 0 Å². The lowest BCUT2D eigenvalue weighted by Gasteiger charge is -2.24. The van der Waals surface area contributed by atoms with Gasteiger partial charge in [-0.05, 0) is 24.1 Å². The van der Waals surface area contributed by atoms with Crippen LogP contribution in [0.15, 0.2) is 36.4 Å². The lowest BCUT2D eigenvalue weighted by molar-refractivity contribution is 0.322. The van der Waals surface area contributed by atoms with Gasteiger partial charge in [0.15, 0.2) is 0 Å². The number of hydrogen-bond acceptors (Lipinski definition) is 2. The number of para-hydroxylation sites is 2. The average molecular weight is 238 g/mol. The number of rotatable bonds is 3. The average Bonchev–Trinajstić information content (AvgIpc) is 2.52. The minimum Gasteiger partial charge on any atom is -0.491 e. The van der Waals surface area contributed by atoms with Gasteiger partial charge in [0.1, 0.15) is 5.75 Å². The molecule has 1 heterocycles. The largest absolute Gasteiger partial charge is 0.491 e. The number of alkyl halides is 1. The number of ether oxygens (including phenoxy) is 1. The molecule has 0 atom stereocenters. The first-order valence-corrected chi connectivity index (χ1v) is 6.04. The molecule has 3 heteroatoms. The monoisotopic (exact) mass is 237 g/mol. The quantitative estimate of drug-likeness (QED) is 0.592. The molecule has 0 N–H and O–H groups in total. The minimum absolute atomic E-state index is 0.513. The Labute approximate surface area is 101 Å². The predicted octanol–water partition coefficient (Wildman–Crippen LogP) is 3.07. The summed E-state index contributed by atoms with van der Waals surface area (Å²) < 4.78 is 5.69. The van der Waals surface area contributed by atoms with Crippen LogP contribution in [0.25, 0.3) is 0 Å². The van der Waals surface area contributed by atoms with Crippen molar-refractivity contribution in [2.45, 2.75) is 6.42 Å². The molecule has 0 aliphatic carbocycles. The predicted molar refractivity (Wildman–Crippen MR) is 68.6 cm³/mol. The number of benzene rings is 1. The van der Waals surface area contributed by atoms with Crippen LogP contribution in [0.3, 0.4) is 0 Å². The Bertz CT molecular complexity index is 378. The zero-order valence-electron chi connectivity index (χ0n) is 9.29. The van der Waals surface area contributed by atoms with Crippen molar-refractivity contribution in [2.75, 3.05) is 30.5 Å². The van der Waals surface area contributed by atoms with Crippen molar-refractivity contribution in [3.05, 3.63) is 36.4 Å². The van der Waals surface area contributed by atoms with Crippen LogP contribution in [-0.4, -0.2) is 25.6 Å². The smallest absolute Gasteiger partial charge is 0.142 e. The van der Waals surface area contributed by atoms with Gasteiger partial charge in [0.05, 0.1) is 12.3 Å². The van der Waals surface area contributed by atoms with Crippen LogP contribution in [0, 0.1) is 0 Å². The number of nitrogens with zero attached hydrogens (tertiary/aromatic N) is 1. The van der Waals surface area contributed by atoms with E-state index in [1.165, 1.54) is 0 Å². The lowest BCUT2D eigenvalue weighted by Crippen LogP contribution is -2.26. The summed E-state index contributed by atoms with van der Waals surface area (Å²) in [7, 11) is 0.